The van der Waals surface area contributed by atoms with E-state index in [1.807, 2.05) is 18.2 Å². The molecular weight excluding hydrogens is 320 g/mol. The number of rotatable bonds is 5. The second kappa shape index (κ2) is 6.54. The number of aromatic carboxylic acids is 1. The van der Waals surface area contributed by atoms with Crippen LogP contribution in [0.3, 0.4) is 0 Å². The molecule has 3 aromatic rings. The average Bonchev–Trinajstić information content (AvgIpc) is 2.95. The molecule has 0 fully saturated rings. The van der Waals surface area contributed by atoms with Crippen molar-refractivity contribution in [2.75, 3.05) is 5.32 Å². The van der Waals surface area contributed by atoms with Gasteiger partial charge in [0.1, 0.15) is 11.5 Å². The molecule has 0 aliphatic rings. The average molecular weight is 330 g/mol. The molecule has 0 atom stereocenters. The number of anilines is 2. The molecular formula is C14H10N4O2S2. The molecule has 8 heteroatoms. The standard InChI is InChI=1S/C14H10N4O2S2/c19-13(20)10-7-9(4-6-15-10)21-12-8-17-14(22-12)18-11-3-1-2-5-16-11/h1-8H,(H,19,20)(H,16,17,18). The van der Waals surface area contributed by atoms with Crippen molar-refractivity contribution in [1.82, 2.24) is 15.0 Å². The summed E-state index contributed by atoms with van der Waals surface area (Å²) in [7, 11) is 0. The highest BCUT2D eigenvalue weighted by Gasteiger charge is 2.08. The van der Waals surface area contributed by atoms with Crippen LogP contribution in [0, 0.1) is 0 Å². The second-order valence-corrected chi connectivity index (χ2v) is 6.51. The maximum Gasteiger partial charge on any atom is 0.354 e. The SMILES string of the molecule is O=C(O)c1cc(Sc2cnc(Nc3ccccn3)s2)ccn1. The summed E-state index contributed by atoms with van der Waals surface area (Å²) in [4.78, 5) is 24.0. The fourth-order valence-electron chi connectivity index (χ4n) is 1.62. The highest BCUT2D eigenvalue weighted by atomic mass is 32.2. The Hall–Kier alpha value is -2.45. The first kappa shape index (κ1) is 14.5. The Morgan fingerprint density at radius 2 is 2.09 bits per heavy atom. The summed E-state index contributed by atoms with van der Waals surface area (Å²) in [6.45, 7) is 0. The Morgan fingerprint density at radius 3 is 2.86 bits per heavy atom. The Bertz CT molecular complexity index is 792. The Morgan fingerprint density at radius 1 is 1.18 bits per heavy atom. The van der Waals surface area contributed by atoms with Crippen LogP contribution in [0.25, 0.3) is 0 Å². The van der Waals surface area contributed by atoms with Crippen LogP contribution < -0.4 is 5.32 Å². The van der Waals surface area contributed by atoms with Gasteiger partial charge < -0.3 is 10.4 Å². The van der Waals surface area contributed by atoms with Crippen LogP contribution in [0.5, 0.6) is 0 Å². The molecule has 0 amide bonds. The minimum Gasteiger partial charge on any atom is -0.477 e. The van der Waals surface area contributed by atoms with E-state index < -0.39 is 5.97 Å². The van der Waals surface area contributed by atoms with E-state index in [1.54, 1.807) is 24.5 Å². The molecule has 3 heterocycles. The zero-order valence-corrected chi connectivity index (χ0v) is 12.8. The minimum atomic E-state index is -1.04. The Kier molecular flexibility index (Phi) is 4.31. The molecule has 2 N–H and O–H groups in total. The number of aromatic nitrogens is 3. The van der Waals surface area contributed by atoms with Crippen LogP contribution in [-0.4, -0.2) is 26.0 Å². The fourth-order valence-corrected chi connectivity index (χ4v) is 3.50. The van der Waals surface area contributed by atoms with Crippen molar-refractivity contribution in [1.29, 1.82) is 0 Å². The first-order valence-corrected chi connectivity index (χ1v) is 7.85. The molecule has 0 aliphatic carbocycles. The molecule has 3 aromatic heterocycles. The first-order valence-electron chi connectivity index (χ1n) is 6.22. The quantitative estimate of drug-likeness (QED) is 0.740. The summed E-state index contributed by atoms with van der Waals surface area (Å²) in [6.07, 6.45) is 4.93. The normalized spacial score (nSPS) is 10.4. The van der Waals surface area contributed by atoms with Crippen LogP contribution in [0.4, 0.5) is 10.9 Å². The molecule has 0 unspecified atom stereocenters. The zero-order valence-electron chi connectivity index (χ0n) is 11.1. The van der Waals surface area contributed by atoms with Crippen molar-refractivity contribution >= 4 is 40.0 Å². The Labute approximate surface area is 134 Å². The van der Waals surface area contributed by atoms with Gasteiger partial charge in [-0.3, -0.25) is 0 Å². The summed E-state index contributed by atoms with van der Waals surface area (Å²) in [5.41, 5.74) is 0.0290. The summed E-state index contributed by atoms with van der Waals surface area (Å²) >= 11 is 2.91. The van der Waals surface area contributed by atoms with Gasteiger partial charge >= 0.3 is 5.97 Å². The largest absolute Gasteiger partial charge is 0.477 e. The highest BCUT2D eigenvalue weighted by molar-refractivity contribution is 8.01. The molecule has 0 aliphatic heterocycles. The molecule has 0 aromatic carbocycles. The maximum atomic E-state index is 10.9. The minimum absolute atomic E-state index is 0.0290. The number of nitrogens with one attached hydrogen (secondary N) is 1. The van der Waals surface area contributed by atoms with E-state index in [9.17, 15) is 4.79 Å². The van der Waals surface area contributed by atoms with E-state index in [2.05, 4.69) is 20.3 Å². The van der Waals surface area contributed by atoms with Crippen LogP contribution in [0.15, 0.2) is 58.0 Å². The lowest BCUT2D eigenvalue weighted by Gasteiger charge is -2.00. The van der Waals surface area contributed by atoms with E-state index in [0.29, 0.717) is 0 Å². The third kappa shape index (κ3) is 3.60. The number of hydrogen-bond donors (Lipinski definition) is 2. The van der Waals surface area contributed by atoms with Crippen molar-refractivity contribution in [2.45, 2.75) is 9.10 Å². The Balaban J connectivity index is 1.72. The van der Waals surface area contributed by atoms with E-state index >= 15 is 0 Å². The number of carboxylic acids is 1. The molecule has 22 heavy (non-hydrogen) atoms. The predicted molar refractivity (Wildman–Crippen MR) is 85.0 cm³/mol. The lowest BCUT2D eigenvalue weighted by atomic mass is 10.4. The molecule has 6 nitrogen and oxygen atoms in total. The van der Waals surface area contributed by atoms with Crippen molar-refractivity contribution in [3.63, 3.8) is 0 Å². The van der Waals surface area contributed by atoms with Crippen molar-refractivity contribution < 1.29 is 9.90 Å². The molecule has 0 saturated carbocycles. The molecule has 0 saturated heterocycles. The van der Waals surface area contributed by atoms with Gasteiger partial charge in [0.25, 0.3) is 0 Å². The monoisotopic (exact) mass is 330 g/mol. The topological polar surface area (TPSA) is 88.0 Å². The van der Waals surface area contributed by atoms with Gasteiger partial charge in [0, 0.05) is 17.3 Å². The molecule has 0 radical (unpaired) electrons. The predicted octanol–water partition coefficient (Wildman–Crippen LogP) is 3.53. The van der Waals surface area contributed by atoms with E-state index in [-0.39, 0.29) is 5.69 Å². The van der Waals surface area contributed by atoms with E-state index in [1.165, 1.54) is 29.3 Å². The number of pyridine rings is 2. The van der Waals surface area contributed by atoms with Gasteiger partial charge in [-0.1, -0.05) is 29.2 Å². The van der Waals surface area contributed by atoms with Crippen molar-refractivity contribution in [3.8, 4) is 0 Å². The van der Waals surface area contributed by atoms with Crippen LogP contribution in [-0.2, 0) is 0 Å². The summed E-state index contributed by atoms with van der Waals surface area (Å²) in [6, 6.07) is 8.90. The lowest BCUT2D eigenvalue weighted by Crippen LogP contribution is -1.98. The van der Waals surface area contributed by atoms with Crippen molar-refractivity contribution in [2.24, 2.45) is 0 Å². The fraction of sp³-hybridized carbons (Fsp3) is 0. The number of carbonyl (C=O) groups is 1. The lowest BCUT2D eigenvalue weighted by molar-refractivity contribution is 0.0690. The van der Waals surface area contributed by atoms with E-state index in [4.69, 9.17) is 5.11 Å². The molecule has 0 bridgehead atoms. The molecule has 3 rings (SSSR count). The maximum absolute atomic E-state index is 10.9. The van der Waals surface area contributed by atoms with Gasteiger partial charge in [-0.15, -0.1) is 0 Å². The molecule has 110 valence electrons. The number of thiazole rings is 1. The van der Waals surface area contributed by atoms with Gasteiger partial charge in [-0.05, 0) is 24.3 Å². The number of nitrogens with zero attached hydrogens (tertiary/aromatic N) is 3. The number of carboxylic acid groups (broad SMARTS) is 1. The van der Waals surface area contributed by atoms with Crippen molar-refractivity contribution in [3.05, 3.63) is 54.6 Å². The van der Waals surface area contributed by atoms with Gasteiger partial charge in [0.2, 0.25) is 0 Å². The van der Waals surface area contributed by atoms with Crippen LogP contribution >= 0.6 is 23.1 Å². The van der Waals surface area contributed by atoms with Crippen LogP contribution in [0.2, 0.25) is 0 Å². The summed E-state index contributed by atoms with van der Waals surface area (Å²) < 4.78 is 0.945. The third-order valence-corrected chi connectivity index (χ3v) is 4.56. The zero-order chi connectivity index (χ0) is 15.4. The number of hydrogen-bond acceptors (Lipinski definition) is 7. The smallest absolute Gasteiger partial charge is 0.354 e. The third-order valence-electron chi connectivity index (χ3n) is 2.55. The highest BCUT2D eigenvalue weighted by Crippen LogP contribution is 2.34. The van der Waals surface area contributed by atoms with Crippen LogP contribution in [0.1, 0.15) is 10.5 Å². The summed E-state index contributed by atoms with van der Waals surface area (Å²) in [5.74, 6) is -0.310. The first-order chi connectivity index (χ1) is 10.7. The molecule has 0 spiro atoms. The van der Waals surface area contributed by atoms with Gasteiger partial charge in [-0.25, -0.2) is 19.7 Å². The summed E-state index contributed by atoms with van der Waals surface area (Å²) in [5, 5.41) is 12.8. The van der Waals surface area contributed by atoms with E-state index in [0.717, 1.165) is 20.1 Å². The van der Waals surface area contributed by atoms with Gasteiger partial charge in [0.05, 0.1) is 10.4 Å². The van der Waals surface area contributed by atoms with Gasteiger partial charge in [0.15, 0.2) is 5.13 Å². The second-order valence-electron chi connectivity index (χ2n) is 4.11. The van der Waals surface area contributed by atoms with Gasteiger partial charge in [-0.2, -0.15) is 0 Å².